The van der Waals surface area contributed by atoms with Crippen molar-refractivity contribution in [1.82, 2.24) is 14.5 Å². The number of methoxy groups -OCH3 is 1. The second-order valence-electron chi connectivity index (χ2n) is 11.9. The molecule has 3 heterocycles. The molecule has 0 radical (unpaired) electrons. The standard InChI is InChI=1S/C35H42N4O3/c1-24-6-3-8-31-34(24)37-35(39(31)17-5-18-41-2)29-7-4-16-38(23-29)33(40)22-30(36)20-25-9-11-26(12-10-25)27-13-14-32-28(21-27)15-19-42-32/h3,6,8-14,21,29-30H,4-5,7,15-20,22-23,36H2,1-2H3/t29?,30-/m1/s1. The number of fused-ring (bicyclic) bond motifs is 2. The molecule has 3 aromatic carbocycles. The number of hydrogen-bond donors (Lipinski definition) is 1. The SMILES string of the molecule is COCCCn1c(C2CCCN(C(=O)C[C@H](N)Cc3ccc(-c4ccc5c(c4)CCO5)cc3)C2)nc2c(C)cccc21. The summed E-state index contributed by atoms with van der Waals surface area (Å²) in [7, 11) is 1.74. The molecule has 2 aliphatic heterocycles. The van der Waals surface area contributed by atoms with Crippen LogP contribution in [-0.2, 0) is 28.9 Å². The van der Waals surface area contributed by atoms with Gasteiger partial charge in [0.05, 0.1) is 17.6 Å². The number of nitrogens with two attached hydrogens (primary N) is 1. The Labute approximate surface area is 248 Å². The summed E-state index contributed by atoms with van der Waals surface area (Å²) in [6, 6.07) is 21.1. The summed E-state index contributed by atoms with van der Waals surface area (Å²) < 4.78 is 13.3. The van der Waals surface area contributed by atoms with E-state index < -0.39 is 0 Å². The number of aromatic nitrogens is 2. The quantitative estimate of drug-likeness (QED) is 0.251. The molecule has 0 bridgehead atoms. The highest BCUT2D eigenvalue weighted by Gasteiger charge is 2.29. The third-order valence-corrected chi connectivity index (χ3v) is 8.79. The third kappa shape index (κ3) is 6.08. The molecule has 7 heteroatoms. The molecule has 4 aromatic rings. The van der Waals surface area contributed by atoms with Gasteiger partial charge in [-0.05, 0) is 78.6 Å². The van der Waals surface area contributed by atoms with Gasteiger partial charge in [-0.15, -0.1) is 0 Å². The Morgan fingerprint density at radius 3 is 2.81 bits per heavy atom. The zero-order valence-corrected chi connectivity index (χ0v) is 24.9. The first kappa shape index (κ1) is 28.4. The minimum atomic E-state index is -0.220. The zero-order valence-electron chi connectivity index (χ0n) is 24.9. The summed E-state index contributed by atoms with van der Waals surface area (Å²) in [5.74, 6) is 2.45. The summed E-state index contributed by atoms with van der Waals surface area (Å²) >= 11 is 0. The van der Waals surface area contributed by atoms with Gasteiger partial charge in [-0.2, -0.15) is 0 Å². The zero-order chi connectivity index (χ0) is 29.1. The lowest BCUT2D eigenvalue weighted by Crippen LogP contribution is -2.42. The maximum atomic E-state index is 13.4. The van der Waals surface area contributed by atoms with Crippen LogP contribution in [0, 0.1) is 6.92 Å². The third-order valence-electron chi connectivity index (χ3n) is 8.79. The fourth-order valence-electron chi connectivity index (χ4n) is 6.56. The van der Waals surface area contributed by atoms with E-state index in [1.54, 1.807) is 7.11 Å². The van der Waals surface area contributed by atoms with E-state index in [-0.39, 0.29) is 17.9 Å². The molecule has 1 amide bonds. The summed E-state index contributed by atoms with van der Waals surface area (Å²) in [6.07, 6.45) is 4.93. The Hall–Kier alpha value is -3.68. The molecule has 2 aliphatic rings. The molecule has 0 saturated carbocycles. The monoisotopic (exact) mass is 566 g/mol. The largest absolute Gasteiger partial charge is 0.493 e. The molecule has 1 aromatic heterocycles. The van der Waals surface area contributed by atoms with Gasteiger partial charge in [-0.3, -0.25) is 4.79 Å². The number of rotatable bonds is 10. The van der Waals surface area contributed by atoms with Crippen LogP contribution in [0.1, 0.15) is 54.1 Å². The molecule has 1 saturated heterocycles. The highest BCUT2D eigenvalue weighted by Crippen LogP contribution is 2.32. The van der Waals surface area contributed by atoms with E-state index in [1.807, 2.05) is 4.90 Å². The number of aryl methyl sites for hydroxylation is 2. The van der Waals surface area contributed by atoms with Crippen molar-refractivity contribution in [3.8, 4) is 16.9 Å². The van der Waals surface area contributed by atoms with Crippen LogP contribution in [0.5, 0.6) is 5.75 Å². The van der Waals surface area contributed by atoms with E-state index in [1.165, 1.54) is 27.8 Å². The van der Waals surface area contributed by atoms with Gasteiger partial charge < -0.3 is 24.7 Å². The number of ether oxygens (including phenoxy) is 2. The van der Waals surface area contributed by atoms with Gasteiger partial charge >= 0.3 is 0 Å². The van der Waals surface area contributed by atoms with Gasteiger partial charge in [0.25, 0.3) is 0 Å². The maximum absolute atomic E-state index is 13.4. The highest BCUT2D eigenvalue weighted by molar-refractivity contribution is 5.80. The van der Waals surface area contributed by atoms with Gasteiger partial charge in [-0.25, -0.2) is 4.98 Å². The van der Waals surface area contributed by atoms with Crippen molar-refractivity contribution in [2.75, 3.05) is 33.4 Å². The Kier molecular flexibility index (Phi) is 8.58. The molecular weight excluding hydrogens is 524 g/mol. The molecule has 0 spiro atoms. The Morgan fingerprint density at radius 1 is 1.14 bits per heavy atom. The molecule has 1 unspecified atom stereocenters. The lowest BCUT2D eigenvalue weighted by molar-refractivity contribution is -0.132. The van der Waals surface area contributed by atoms with Crippen molar-refractivity contribution in [1.29, 1.82) is 0 Å². The van der Waals surface area contributed by atoms with Crippen LogP contribution in [0.25, 0.3) is 22.2 Å². The van der Waals surface area contributed by atoms with Crippen molar-refractivity contribution >= 4 is 16.9 Å². The van der Waals surface area contributed by atoms with Gasteiger partial charge in [0.15, 0.2) is 0 Å². The average Bonchev–Trinajstić information content (AvgIpc) is 3.63. The van der Waals surface area contributed by atoms with Crippen LogP contribution in [0.4, 0.5) is 0 Å². The first-order valence-corrected chi connectivity index (χ1v) is 15.3. The lowest BCUT2D eigenvalue weighted by Gasteiger charge is -2.33. The Bertz CT molecular complexity index is 1540. The van der Waals surface area contributed by atoms with Crippen molar-refractivity contribution in [2.45, 2.75) is 64.0 Å². The highest BCUT2D eigenvalue weighted by atomic mass is 16.5. The molecular formula is C35H42N4O3. The number of benzene rings is 3. The number of carbonyl (C=O) groups is 1. The summed E-state index contributed by atoms with van der Waals surface area (Å²) in [4.78, 5) is 20.6. The van der Waals surface area contributed by atoms with Crippen LogP contribution in [-0.4, -0.2) is 59.8 Å². The van der Waals surface area contributed by atoms with E-state index in [0.29, 0.717) is 26.0 Å². The first-order valence-electron chi connectivity index (χ1n) is 15.3. The smallest absolute Gasteiger partial charge is 0.224 e. The minimum absolute atomic E-state index is 0.141. The second kappa shape index (κ2) is 12.7. The van der Waals surface area contributed by atoms with Gasteiger partial charge in [0.1, 0.15) is 11.6 Å². The summed E-state index contributed by atoms with van der Waals surface area (Å²) in [6.45, 7) is 5.93. The Morgan fingerprint density at radius 2 is 1.98 bits per heavy atom. The van der Waals surface area contributed by atoms with Crippen LogP contribution in [0.2, 0.25) is 0 Å². The van der Waals surface area contributed by atoms with Gasteiger partial charge in [0.2, 0.25) is 5.91 Å². The topological polar surface area (TPSA) is 82.6 Å². The number of likely N-dealkylation sites (tertiary alicyclic amines) is 1. The fourth-order valence-corrected chi connectivity index (χ4v) is 6.56. The van der Waals surface area contributed by atoms with Crippen molar-refractivity contribution in [3.05, 3.63) is 83.2 Å². The average molecular weight is 567 g/mol. The van der Waals surface area contributed by atoms with Gasteiger partial charge in [-0.1, -0.05) is 42.5 Å². The number of nitrogens with zero attached hydrogens (tertiary/aromatic N) is 3. The first-order chi connectivity index (χ1) is 20.5. The van der Waals surface area contributed by atoms with E-state index in [2.05, 4.69) is 72.2 Å². The van der Waals surface area contributed by atoms with Gasteiger partial charge in [0, 0.05) is 58.2 Å². The molecule has 0 aliphatic carbocycles. The summed E-state index contributed by atoms with van der Waals surface area (Å²) in [5, 5.41) is 0. The molecule has 42 heavy (non-hydrogen) atoms. The van der Waals surface area contributed by atoms with Crippen LogP contribution in [0.15, 0.2) is 60.7 Å². The van der Waals surface area contributed by atoms with E-state index in [0.717, 1.165) is 68.0 Å². The molecule has 2 atom stereocenters. The molecule has 1 fully saturated rings. The normalized spacial score (nSPS) is 17.3. The molecule has 2 N–H and O–H groups in total. The predicted octanol–water partition coefficient (Wildman–Crippen LogP) is 5.65. The minimum Gasteiger partial charge on any atom is -0.493 e. The second-order valence-corrected chi connectivity index (χ2v) is 11.9. The number of carbonyl (C=O) groups excluding carboxylic acids is 1. The van der Waals surface area contributed by atoms with E-state index in [9.17, 15) is 4.79 Å². The fraction of sp³-hybridized carbons (Fsp3) is 0.429. The number of para-hydroxylation sites is 1. The maximum Gasteiger partial charge on any atom is 0.224 e. The number of piperidine rings is 1. The van der Waals surface area contributed by atoms with Crippen LogP contribution < -0.4 is 10.5 Å². The van der Waals surface area contributed by atoms with E-state index in [4.69, 9.17) is 20.2 Å². The molecule has 6 rings (SSSR count). The van der Waals surface area contributed by atoms with Crippen molar-refractivity contribution in [2.24, 2.45) is 5.73 Å². The Balaban J connectivity index is 1.09. The van der Waals surface area contributed by atoms with Crippen LogP contribution >= 0.6 is 0 Å². The molecule has 7 nitrogen and oxygen atoms in total. The number of hydrogen-bond acceptors (Lipinski definition) is 5. The van der Waals surface area contributed by atoms with Crippen molar-refractivity contribution in [3.63, 3.8) is 0 Å². The number of imidazole rings is 1. The summed E-state index contributed by atoms with van der Waals surface area (Å²) in [5.41, 5.74) is 14.8. The van der Waals surface area contributed by atoms with Crippen LogP contribution in [0.3, 0.4) is 0 Å². The predicted molar refractivity (Wildman–Crippen MR) is 167 cm³/mol. The van der Waals surface area contributed by atoms with E-state index >= 15 is 0 Å². The number of amides is 1. The lowest BCUT2D eigenvalue weighted by atomic mass is 9.95. The molecule has 220 valence electrons. The van der Waals surface area contributed by atoms with Crippen molar-refractivity contribution < 1.29 is 14.3 Å².